The Morgan fingerprint density at radius 3 is 1.72 bits per heavy atom. The number of benzene rings is 7. The van der Waals surface area contributed by atoms with Crippen molar-refractivity contribution in [2.24, 2.45) is 0 Å². The van der Waals surface area contributed by atoms with Gasteiger partial charge in [0.1, 0.15) is 0 Å². The first-order valence-corrected chi connectivity index (χ1v) is 18.2. The summed E-state index contributed by atoms with van der Waals surface area (Å²) in [6, 6.07) is 61.2. The SMILES string of the molecule is Cc1ccc(C2C=C(c3ccc(C#N)cc3)C=C(n3c4ccccc4c4cc(-c5ccc6c(c5)c5ccccc5n6-c5ccccc5)ccc43)C2)cc1. The molecule has 1 atom stereocenters. The van der Waals surface area contributed by atoms with Gasteiger partial charge >= 0.3 is 0 Å². The molecule has 250 valence electrons. The van der Waals surface area contributed by atoms with Crippen LogP contribution in [-0.4, -0.2) is 9.13 Å². The quantitative estimate of drug-likeness (QED) is 0.178. The number of nitriles is 1. The smallest absolute Gasteiger partial charge is 0.0991 e. The second-order valence-corrected chi connectivity index (χ2v) is 14.2. The third-order valence-corrected chi connectivity index (χ3v) is 11.0. The highest BCUT2D eigenvalue weighted by Crippen LogP contribution is 2.42. The Kier molecular flexibility index (Phi) is 7.23. The van der Waals surface area contributed by atoms with Crippen molar-refractivity contribution < 1.29 is 0 Å². The van der Waals surface area contributed by atoms with Gasteiger partial charge in [0.25, 0.3) is 0 Å². The monoisotopic (exact) mass is 677 g/mol. The molecule has 53 heavy (non-hydrogen) atoms. The van der Waals surface area contributed by atoms with E-state index in [1.165, 1.54) is 82.8 Å². The topological polar surface area (TPSA) is 33.6 Å². The van der Waals surface area contributed by atoms with Crippen LogP contribution in [0.5, 0.6) is 0 Å². The summed E-state index contributed by atoms with van der Waals surface area (Å²) in [7, 11) is 0. The van der Waals surface area contributed by atoms with Crippen LogP contribution >= 0.6 is 0 Å². The zero-order chi connectivity index (χ0) is 35.5. The van der Waals surface area contributed by atoms with E-state index < -0.39 is 0 Å². The largest absolute Gasteiger partial charge is 0.313 e. The highest BCUT2D eigenvalue weighted by atomic mass is 15.0. The molecule has 0 N–H and O–H groups in total. The summed E-state index contributed by atoms with van der Waals surface area (Å²) < 4.78 is 4.84. The lowest BCUT2D eigenvalue weighted by molar-refractivity contribution is 0.840. The number of rotatable bonds is 5. The summed E-state index contributed by atoms with van der Waals surface area (Å²) in [5, 5.41) is 14.5. The van der Waals surface area contributed by atoms with Gasteiger partial charge in [-0.3, -0.25) is 0 Å². The summed E-state index contributed by atoms with van der Waals surface area (Å²) in [6.45, 7) is 2.14. The van der Waals surface area contributed by atoms with Gasteiger partial charge in [0.2, 0.25) is 0 Å². The molecule has 2 heterocycles. The lowest BCUT2D eigenvalue weighted by Gasteiger charge is -2.25. The lowest BCUT2D eigenvalue weighted by Crippen LogP contribution is -2.08. The first-order chi connectivity index (χ1) is 26.1. The maximum absolute atomic E-state index is 9.46. The highest BCUT2D eigenvalue weighted by Gasteiger charge is 2.23. The van der Waals surface area contributed by atoms with Crippen LogP contribution < -0.4 is 0 Å². The van der Waals surface area contributed by atoms with E-state index >= 15 is 0 Å². The molecule has 3 heteroatoms. The summed E-state index contributed by atoms with van der Waals surface area (Å²) in [4.78, 5) is 0. The van der Waals surface area contributed by atoms with Crippen LogP contribution in [0.1, 0.15) is 34.6 Å². The molecule has 1 aliphatic carbocycles. The number of para-hydroxylation sites is 3. The number of hydrogen-bond donors (Lipinski definition) is 0. The molecule has 0 radical (unpaired) electrons. The van der Waals surface area contributed by atoms with Crippen molar-refractivity contribution in [1.29, 1.82) is 5.26 Å². The van der Waals surface area contributed by atoms with Crippen molar-refractivity contribution in [1.82, 2.24) is 9.13 Å². The van der Waals surface area contributed by atoms with Crippen LogP contribution in [-0.2, 0) is 0 Å². The Morgan fingerprint density at radius 2 is 1.08 bits per heavy atom. The Bertz CT molecular complexity index is 2960. The normalized spacial score (nSPS) is 14.5. The van der Waals surface area contributed by atoms with Crippen LogP contribution in [0.3, 0.4) is 0 Å². The van der Waals surface area contributed by atoms with Gasteiger partial charge in [0.05, 0.1) is 33.7 Å². The fourth-order valence-electron chi connectivity index (χ4n) is 8.36. The maximum Gasteiger partial charge on any atom is 0.0991 e. The molecule has 0 amide bonds. The molecular formula is C50H35N3. The molecule has 0 fully saturated rings. The third-order valence-electron chi connectivity index (χ3n) is 11.0. The van der Waals surface area contributed by atoms with E-state index in [9.17, 15) is 5.26 Å². The van der Waals surface area contributed by atoms with Crippen LogP contribution in [0.4, 0.5) is 0 Å². The molecule has 9 aromatic rings. The van der Waals surface area contributed by atoms with Gasteiger partial charge in [0, 0.05) is 38.8 Å². The molecular weight excluding hydrogens is 643 g/mol. The second kappa shape index (κ2) is 12.4. The Balaban J connectivity index is 1.13. The van der Waals surface area contributed by atoms with E-state index in [0.29, 0.717) is 5.56 Å². The standard InChI is InChI=1S/C50H35N3/c1-33-15-19-35(20-16-33)39-27-40(36-21-17-34(32-51)18-22-36)29-42(28-39)53-48-14-8-6-12-44(48)46-31-38(24-26-50(46)53)37-23-25-49-45(30-37)43-11-5-7-13-47(43)52(49)41-9-3-2-4-10-41/h2-27,29-31,39H,28H2,1H3. The highest BCUT2D eigenvalue weighted by molar-refractivity contribution is 6.13. The van der Waals surface area contributed by atoms with Crippen molar-refractivity contribution >= 4 is 54.9 Å². The molecule has 0 saturated heterocycles. The number of fused-ring (bicyclic) bond motifs is 6. The minimum atomic E-state index is 0.210. The first kappa shape index (κ1) is 30.9. The van der Waals surface area contributed by atoms with Crippen LogP contribution in [0.15, 0.2) is 176 Å². The summed E-state index contributed by atoms with van der Waals surface area (Å²) in [6.07, 6.45) is 5.62. The molecule has 0 spiro atoms. The second-order valence-electron chi connectivity index (χ2n) is 14.2. The van der Waals surface area contributed by atoms with Gasteiger partial charge in [-0.25, -0.2) is 0 Å². The molecule has 1 aliphatic rings. The fraction of sp³-hybridized carbons (Fsp3) is 0.0600. The van der Waals surface area contributed by atoms with E-state index in [2.05, 4.69) is 186 Å². The zero-order valence-electron chi connectivity index (χ0n) is 29.4. The van der Waals surface area contributed by atoms with Gasteiger partial charge < -0.3 is 9.13 Å². The molecule has 0 saturated carbocycles. The van der Waals surface area contributed by atoms with Crippen LogP contribution in [0, 0.1) is 18.3 Å². The first-order valence-electron chi connectivity index (χ1n) is 18.2. The zero-order valence-corrected chi connectivity index (χ0v) is 29.4. The molecule has 10 rings (SSSR count). The van der Waals surface area contributed by atoms with Crippen molar-refractivity contribution in [3.8, 4) is 22.9 Å². The number of nitrogens with zero attached hydrogens (tertiary/aromatic N) is 3. The minimum absolute atomic E-state index is 0.210. The van der Waals surface area contributed by atoms with Crippen molar-refractivity contribution in [2.75, 3.05) is 0 Å². The molecule has 7 aromatic carbocycles. The average Bonchev–Trinajstić information content (AvgIpc) is 3.73. The number of aryl methyl sites for hydroxylation is 1. The van der Waals surface area contributed by atoms with Gasteiger partial charge in [-0.2, -0.15) is 5.26 Å². The lowest BCUT2D eigenvalue weighted by atomic mass is 9.85. The summed E-state index contributed by atoms with van der Waals surface area (Å²) in [5.74, 6) is 0.210. The molecule has 2 aromatic heterocycles. The van der Waals surface area contributed by atoms with E-state index in [1.807, 2.05) is 12.1 Å². The van der Waals surface area contributed by atoms with Crippen LogP contribution in [0.2, 0.25) is 0 Å². The third kappa shape index (κ3) is 5.19. The van der Waals surface area contributed by atoms with E-state index in [0.717, 1.165) is 12.0 Å². The van der Waals surface area contributed by atoms with E-state index in [-0.39, 0.29) is 5.92 Å². The summed E-state index contributed by atoms with van der Waals surface area (Å²) in [5.41, 5.74) is 15.2. The van der Waals surface area contributed by atoms with Gasteiger partial charge in [-0.1, -0.05) is 115 Å². The van der Waals surface area contributed by atoms with Crippen molar-refractivity contribution in [3.63, 3.8) is 0 Å². The Labute approximate surface area is 308 Å². The van der Waals surface area contributed by atoms with Gasteiger partial charge in [-0.05, 0) is 108 Å². The molecule has 1 unspecified atom stereocenters. The molecule has 0 bridgehead atoms. The predicted octanol–water partition coefficient (Wildman–Crippen LogP) is 12.9. The average molecular weight is 678 g/mol. The van der Waals surface area contributed by atoms with E-state index in [1.54, 1.807) is 0 Å². The molecule has 3 nitrogen and oxygen atoms in total. The Hall–Kier alpha value is -6.89. The summed E-state index contributed by atoms with van der Waals surface area (Å²) >= 11 is 0. The Morgan fingerprint density at radius 1 is 0.528 bits per heavy atom. The van der Waals surface area contributed by atoms with Crippen molar-refractivity contribution in [3.05, 3.63) is 198 Å². The number of aromatic nitrogens is 2. The predicted molar refractivity (Wildman–Crippen MR) is 221 cm³/mol. The number of allylic oxidation sites excluding steroid dienone is 4. The minimum Gasteiger partial charge on any atom is -0.313 e. The number of hydrogen-bond acceptors (Lipinski definition) is 1. The van der Waals surface area contributed by atoms with Gasteiger partial charge in [-0.15, -0.1) is 0 Å². The van der Waals surface area contributed by atoms with E-state index in [4.69, 9.17) is 0 Å². The maximum atomic E-state index is 9.46. The van der Waals surface area contributed by atoms with Crippen LogP contribution in [0.25, 0.3) is 71.7 Å². The molecule has 0 aliphatic heterocycles. The van der Waals surface area contributed by atoms with Crippen molar-refractivity contribution in [2.45, 2.75) is 19.3 Å². The van der Waals surface area contributed by atoms with Gasteiger partial charge in [0.15, 0.2) is 0 Å². The fourth-order valence-corrected chi connectivity index (χ4v) is 8.36.